The van der Waals surface area contributed by atoms with Gasteiger partial charge in [0.25, 0.3) is 0 Å². The third-order valence-electron chi connectivity index (χ3n) is 5.87. The van der Waals surface area contributed by atoms with Crippen LogP contribution in [0.3, 0.4) is 0 Å². The molecule has 1 aromatic carbocycles. The van der Waals surface area contributed by atoms with Gasteiger partial charge in [0.05, 0.1) is 0 Å². The summed E-state index contributed by atoms with van der Waals surface area (Å²) in [6.07, 6.45) is 7.46. The van der Waals surface area contributed by atoms with Gasteiger partial charge in [0.15, 0.2) is 0 Å². The fourth-order valence-electron chi connectivity index (χ4n) is 4.06. The molecule has 1 aliphatic rings. The molecule has 33 heavy (non-hydrogen) atoms. The summed E-state index contributed by atoms with van der Waals surface area (Å²) in [6.45, 7) is 7.71. The van der Waals surface area contributed by atoms with Gasteiger partial charge in [-0.25, -0.2) is 0 Å². The molecule has 0 spiro atoms. The van der Waals surface area contributed by atoms with Gasteiger partial charge in [-0.3, -0.25) is 4.79 Å². The van der Waals surface area contributed by atoms with Crippen molar-refractivity contribution in [1.82, 2.24) is 9.80 Å². The van der Waals surface area contributed by atoms with Crippen molar-refractivity contribution < 1.29 is 30.6 Å². The Bertz CT molecular complexity index is 844. The molecule has 1 saturated heterocycles. The number of alkyl halides is 3. The molecule has 6 nitrogen and oxygen atoms in total. The first kappa shape index (κ1) is 27.4. The van der Waals surface area contributed by atoms with Crippen molar-refractivity contribution in [2.45, 2.75) is 76.8 Å². The van der Waals surface area contributed by atoms with Gasteiger partial charge in [-0.2, -0.15) is 21.6 Å². The Kier molecular flexibility index (Phi) is 10.5. The van der Waals surface area contributed by atoms with Crippen molar-refractivity contribution >= 4 is 16.0 Å². The number of unbranched alkanes of at least 4 members (excludes halogenated alkanes) is 1. The number of benzene rings is 1. The average Bonchev–Trinajstić information content (AvgIpc) is 2.94. The molecular weight excluding hydrogens is 457 g/mol. The summed E-state index contributed by atoms with van der Waals surface area (Å²) >= 11 is 0. The lowest BCUT2D eigenvalue weighted by atomic mass is 10.0. The van der Waals surface area contributed by atoms with Gasteiger partial charge in [-0.15, -0.1) is 0 Å². The second kappa shape index (κ2) is 12.6. The second-order valence-corrected chi connectivity index (χ2v) is 10.2. The van der Waals surface area contributed by atoms with Crippen LogP contribution < -0.4 is 4.18 Å². The van der Waals surface area contributed by atoms with Crippen molar-refractivity contribution in [3.05, 3.63) is 29.8 Å². The molecule has 0 N–H and O–H groups in total. The molecule has 0 bridgehead atoms. The van der Waals surface area contributed by atoms with Crippen LogP contribution in [-0.4, -0.2) is 61.9 Å². The van der Waals surface area contributed by atoms with Gasteiger partial charge in [-0.05, 0) is 76.2 Å². The van der Waals surface area contributed by atoms with Crippen LogP contribution in [0.15, 0.2) is 24.3 Å². The smallest absolute Gasteiger partial charge is 0.376 e. The van der Waals surface area contributed by atoms with Crippen molar-refractivity contribution in [2.24, 2.45) is 0 Å². The molecule has 0 radical (unpaired) electrons. The summed E-state index contributed by atoms with van der Waals surface area (Å²) in [6, 6.07) is 5.87. The number of likely N-dealkylation sites (tertiary alicyclic amines) is 1. The third kappa shape index (κ3) is 8.81. The lowest BCUT2D eigenvalue weighted by Crippen LogP contribution is -2.37. The molecule has 0 saturated carbocycles. The predicted molar refractivity (Wildman–Crippen MR) is 121 cm³/mol. The van der Waals surface area contributed by atoms with Crippen LogP contribution in [0, 0.1) is 0 Å². The second-order valence-electron chi connectivity index (χ2n) is 8.61. The highest BCUT2D eigenvalue weighted by molar-refractivity contribution is 7.88. The number of carbonyl (C=O) groups excluding carboxylic acids is 1. The highest BCUT2D eigenvalue weighted by Gasteiger charge is 2.48. The minimum atomic E-state index is -5.67. The van der Waals surface area contributed by atoms with Gasteiger partial charge in [0.2, 0.25) is 5.91 Å². The first-order valence-corrected chi connectivity index (χ1v) is 13.1. The van der Waals surface area contributed by atoms with Crippen LogP contribution in [0.2, 0.25) is 0 Å². The molecule has 10 heteroatoms. The molecule has 0 aromatic heterocycles. The number of amides is 1. The zero-order chi connectivity index (χ0) is 24.5. The Morgan fingerprint density at radius 3 is 2.42 bits per heavy atom. The SMILES string of the molecule is CCCN(CCCCN1CCCCCC1=O)C(C)Cc1ccc(OS(=O)(=O)C(F)(F)F)cc1. The molecule has 0 aliphatic carbocycles. The first-order chi connectivity index (χ1) is 15.5. The number of nitrogens with zero attached hydrogens (tertiary/aromatic N) is 2. The summed E-state index contributed by atoms with van der Waals surface area (Å²) in [5, 5.41) is 0. The van der Waals surface area contributed by atoms with E-state index in [2.05, 4.69) is 22.9 Å². The van der Waals surface area contributed by atoms with Gasteiger partial charge < -0.3 is 14.0 Å². The molecule has 188 valence electrons. The van der Waals surface area contributed by atoms with E-state index in [1.54, 1.807) is 12.1 Å². The van der Waals surface area contributed by atoms with E-state index in [0.717, 1.165) is 70.3 Å². The topological polar surface area (TPSA) is 66.9 Å². The molecule has 1 heterocycles. The van der Waals surface area contributed by atoms with Crippen molar-refractivity contribution in [2.75, 3.05) is 26.2 Å². The quantitative estimate of drug-likeness (QED) is 0.240. The van der Waals surface area contributed by atoms with Crippen molar-refractivity contribution in [1.29, 1.82) is 0 Å². The maximum Gasteiger partial charge on any atom is 0.534 e. The van der Waals surface area contributed by atoms with Crippen LogP contribution in [0.25, 0.3) is 0 Å². The zero-order valence-corrected chi connectivity index (χ0v) is 20.3. The minimum absolute atomic E-state index is 0.204. The number of rotatable bonds is 12. The molecule has 1 aromatic rings. The fourth-order valence-corrected chi connectivity index (χ4v) is 4.52. The number of hydrogen-bond acceptors (Lipinski definition) is 5. The Balaban J connectivity index is 1.84. The first-order valence-electron chi connectivity index (χ1n) is 11.6. The van der Waals surface area contributed by atoms with Gasteiger partial charge in [-0.1, -0.05) is 25.5 Å². The fraction of sp³-hybridized carbons (Fsp3) is 0.696. The van der Waals surface area contributed by atoms with Crippen molar-refractivity contribution in [3.63, 3.8) is 0 Å². The highest BCUT2D eigenvalue weighted by atomic mass is 32.2. The summed E-state index contributed by atoms with van der Waals surface area (Å²) in [4.78, 5) is 16.5. The summed E-state index contributed by atoms with van der Waals surface area (Å²) in [7, 11) is -5.67. The highest BCUT2D eigenvalue weighted by Crippen LogP contribution is 2.27. The van der Waals surface area contributed by atoms with E-state index in [9.17, 15) is 26.4 Å². The largest absolute Gasteiger partial charge is 0.534 e. The summed E-state index contributed by atoms with van der Waals surface area (Å²) in [5.41, 5.74) is -4.57. The number of halogens is 3. The van der Waals surface area contributed by atoms with E-state index < -0.39 is 15.6 Å². The standard InChI is InChI=1S/C23H35F3N2O4S/c1-3-14-27(15-7-8-17-28-16-6-4-5-9-22(28)29)19(2)18-20-10-12-21(13-11-20)32-33(30,31)23(24,25)26/h10-13,19H,3-9,14-18H2,1-2H3. The van der Waals surface area contributed by atoms with Crippen LogP contribution >= 0.6 is 0 Å². The molecule has 1 atom stereocenters. The number of hydrogen-bond donors (Lipinski definition) is 0. The average molecular weight is 493 g/mol. The normalized spacial score (nSPS) is 16.7. The van der Waals surface area contributed by atoms with Crippen LogP contribution in [0.4, 0.5) is 13.2 Å². The Labute approximate surface area is 195 Å². The van der Waals surface area contributed by atoms with Crippen molar-refractivity contribution in [3.8, 4) is 5.75 Å². The van der Waals surface area contributed by atoms with E-state index in [1.165, 1.54) is 12.1 Å². The molecular formula is C23H35F3N2O4S. The molecule has 1 amide bonds. The van der Waals surface area contributed by atoms with E-state index in [0.29, 0.717) is 12.8 Å². The van der Waals surface area contributed by atoms with E-state index >= 15 is 0 Å². The molecule has 1 aliphatic heterocycles. The maximum atomic E-state index is 12.5. The monoisotopic (exact) mass is 492 g/mol. The molecule has 1 unspecified atom stereocenters. The number of carbonyl (C=O) groups is 1. The Morgan fingerprint density at radius 2 is 1.79 bits per heavy atom. The Hall–Kier alpha value is -1.81. The third-order valence-corrected chi connectivity index (χ3v) is 6.85. The maximum absolute atomic E-state index is 12.5. The Morgan fingerprint density at radius 1 is 1.09 bits per heavy atom. The van der Waals surface area contributed by atoms with Gasteiger partial charge in [0.1, 0.15) is 5.75 Å². The van der Waals surface area contributed by atoms with E-state index in [-0.39, 0.29) is 17.7 Å². The summed E-state index contributed by atoms with van der Waals surface area (Å²) in [5.74, 6) is -0.0982. The minimum Gasteiger partial charge on any atom is -0.376 e. The molecule has 1 fully saturated rings. The summed E-state index contributed by atoms with van der Waals surface area (Å²) < 4.78 is 63.8. The van der Waals surface area contributed by atoms with E-state index in [4.69, 9.17) is 0 Å². The zero-order valence-electron chi connectivity index (χ0n) is 19.4. The van der Waals surface area contributed by atoms with Crippen LogP contribution in [0.5, 0.6) is 5.75 Å². The van der Waals surface area contributed by atoms with E-state index in [1.807, 2.05) is 4.90 Å². The van der Waals surface area contributed by atoms with Gasteiger partial charge >= 0.3 is 15.6 Å². The molecule has 2 rings (SSSR count). The lowest BCUT2D eigenvalue weighted by molar-refractivity contribution is -0.130. The lowest BCUT2D eigenvalue weighted by Gasteiger charge is -2.29. The van der Waals surface area contributed by atoms with Gasteiger partial charge in [0, 0.05) is 25.6 Å². The predicted octanol–water partition coefficient (Wildman–Crippen LogP) is 4.74. The van der Waals surface area contributed by atoms with Crippen LogP contribution in [0.1, 0.15) is 64.4 Å². The van der Waals surface area contributed by atoms with Crippen LogP contribution in [-0.2, 0) is 21.3 Å².